The molecule has 0 amide bonds. The van der Waals surface area contributed by atoms with E-state index in [4.69, 9.17) is 5.11 Å². The summed E-state index contributed by atoms with van der Waals surface area (Å²) in [5.41, 5.74) is 1.20. The van der Waals surface area contributed by atoms with E-state index in [-0.39, 0.29) is 12.0 Å². The molecule has 0 bridgehead atoms. The van der Waals surface area contributed by atoms with Crippen molar-refractivity contribution in [2.24, 2.45) is 0 Å². The molecular weight excluding hydrogens is 288 g/mol. The summed E-state index contributed by atoms with van der Waals surface area (Å²) in [7, 11) is 0. The third-order valence-corrected chi connectivity index (χ3v) is 5.18. The Morgan fingerprint density at radius 3 is 2.95 bits per heavy atom. The number of hydrogen-bond donors (Lipinski definition) is 1. The van der Waals surface area contributed by atoms with Crippen molar-refractivity contribution in [1.82, 2.24) is 9.55 Å². The maximum absolute atomic E-state index is 12.8. The highest BCUT2D eigenvalue weighted by Crippen LogP contribution is 2.34. The summed E-state index contributed by atoms with van der Waals surface area (Å²) >= 11 is 1.65. The van der Waals surface area contributed by atoms with E-state index in [1.165, 1.54) is 10.4 Å². The second-order valence-electron chi connectivity index (χ2n) is 5.37. The van der Waals surface area contributed by atoms with Gasteiger partial charge in [0.2, 0.25) is 0 Å². The van der Waals surface area contributed by atoms with Crippen LogP contribution in [0.3, 0.4) is 0 Å². The number of aliphatic carboxylic acids is 1. The van der Waals surface area contributed by atoms with Crippen molar-refractivity contribution < 1.29 is 9.90 Å². The molecule has 21 heavy (non-hydrogen) atoms. The topological polar surface area (TPSA) is 72.2 Å². The molecule has 2 heterocycles. The fourth-order valence-corrected chi connectivity index (χ4v) is 4.28. The number of nitrogens with zero attached hydrogens (tertiary/aromatic N) is 2. The van der Waals surface area contributed by atoms with Crippen molar-refractivity contribution in [2.75, 3.05) is 0 Å². The van der Waals surface area contributed by atoms with Crippen LogP contribution in [0, 0.1) is 0 Å². The van der Waals surface area contributed by atoms with Gasteiger partial charge in [-0.05, 0) is 31.2 Å². The molecule has 0 saturated heterocycles. The highest BCUT2D eigenvalue weighted by atomic mass is 32.1. The fourth-order valence-electron chi connectivity index (χ4n) is 3.01. The molecule has 0 unspecified atom stereocenters. The van der Waals surface area contributed by atoms with E-state index in [0.717, 1.165) is 35.3 Å². The minimum Gasteiger partial charge on any atom is -0.481 e. The van der Waals surface area contributed by atoms with Gasteiger partial charge in [0.1, 0.15) is 10.7 Å². The number of thiophene rings is 1. The van der Waals surface area contributed by atoms with Gasteiger partial charge < -0.3 is 5.11 Å². The molecule has 0 atom stereocenters. The van der Waals surface area contributed by atoms with Crippen LogP contribution in [0.1, 0.15) is 42.5 Å². The molecule has 0 aromatic carbocycles. The lowest BCUT2D eigenvalue weighted by Gasteiger charge is -2.10. The zero-order valence-corrected chi connectivity index (χ0v) is 12.8. The Balaban J connectivity index is 2.07. The lowest BCUT2D eigenvalue weighted by atomic mass is 10.2. The maximum atomic E-state index is 12.8. The first-order valence-electron chi connectivity index (χ1n) is 7.37. The van der Waals surface area contributed by atoms with E-state index in [9.17, 15) is 9.59 Å². The summed E-state index contributed by atoms with van der Waals surface area (Å²) in [4.78, 5) is 30.3. The number of carbonyl (C=O) groups is 1. The third kappa shape index (κ3) is 2.48. The Morgan fingerprint density at radius 2 is 2.24 bits per heavy atom. The minimum absolute atomic E-state index is 0.0154. The smallest absolute Gasteiger partial charge is 0.303 e. The van der Waals surface area contributed by atoms with Crippen LogP contribution >= 0.6 is 11.3 Å². The number of carboxylic acids is 1. The van der Waals surface area contributed by atoms with Gasteiger partial charge in [0.25, 0.3) is 5.56 Å². The number of aromatic nitrogens is 2. The lowest BCUT2D eigenvalue weighted by Crippen LogP contribution is -2.25. The monoisotopic (exact) mass is 306 g/mol. The normalized spacial score (nSPS) is 13.8. The van der Waals surface area contributed by atoms with E-state index in [2.05, 4.69) is 4.98 Å². The quantitative estimate of drug-likeness (QED) is 0.920. The number of rotatable bonds is 5. The van der Waals surface area contributed by atoms with E-state index < -0.39 is 5.97 Å². The average molecular weight is 306 g/mol. The first kappa shape index (κ1) is 14.3. The summed E-state index contributed by atoms with van der Waals surface area (Å²) in [6, 6.07) is 0. The first-order chi connectivity index (χ1) is 10.1. The van der Waals surface area contributed by atoms with Crippen molar-refractivity contribution in [2.45, 2.75) is 52.0 Å². The van der Waals surface area contributed by atoms with Gasteiger partial charge in [-0.15, -0.1) is 11.3 Å². The fraction of sp³-hybridized carbons (Fsp3) is 0.533. The average Bonchev–Trinajstić information content (AvgIpc) is 3.00. The molecule has 1 N–H and O–H groups in total. The Labute approximate surface area is 126 Å². The summed E-state index contributed by atoms with van der Waals surface area (Å²) in [6.07, 6.45) is 4.35. The Bertz CT molecular complexity index is 760. The van der Waals surface area contributed by atoms with Gasteiger partial charge in [0.05, 0.1) is 5.39 Å². The molecule has 0 saturated carbocycles. The Kier molecular flexibility index (Phi) is 3.80. The van der Waals surface area contributed by atoms with Crippen molar-refractivity contribution in [1.29, 1.82) is 0 Å². The highest BCUT2D eigenvalue weighted by molar-refractivity contribution is 7.18. The largest absolute Gasteiger partial charge is 0.481 e. The molecule has 112 valence electrons. The van der Waals surface area contributed by atoms with Crippen molar-refractivity contribution in [3.63, 3.8) is 0 Å². The van der Waals surface area contributed by atoms with Crippen molar-refractivity contribution in [3.05, 3.63) is 26.6 Å². The van der Waals surface area contributed by atoms with Gasteiger partial charge in [0.15, 0.2) is 0 Å². The maximum Gasteiger partial charge on any atom is 0.303 e. The van der Waals surface area contributed by atoms with E-state index in [1.54, 1.807) is 15.9 Å². The first-order valence-corrected chi connectivity index (χ1v) is 8.19. The van der Waals surface area contributed by atoms with Crippen LogP contribution in [0.25, 0.3) is 10.2 Å². The molecule has 6 heteroatoms. The summed E-state index contributed by atoms with van der Waals surface area (Å²) < 4.78 is 1.68. The Hall–Kier alpha value is -1.69. The van der Waals surface area contributed by atoms with Gasteiger partial charge in [-0.2, -0.15) is 0 Å². The minimum atomic E-state index is -0.827. The lowest BCUT2D eigenvalue weighted by molar-refractivity contribution is -0.137. The van der Waals surface area contributed by atoms with Crippen LogP contribution in [-0.2, 0) is 30.6 Å². The zero-order valence-electron chi connectivity index (χ0n) is 12.0. The molecule has 0 spiro atoms. The van der Waals surface area contributed by atoms with Crippen LogP contribution in [0.15, 0.2) is 4.79 Å². The van der Waals surface area contributed by atoms with E-state index >= 15 is 0 Å². The van der Waals surface area contributed by atoms with Crippen molar-refractivity contribution >= 4 is 27.5 Å². The third-order valence-electron chi connectivity index (χ3n) is 3.99. The molecular formula is C15H18N2O3S. The van der Waals surface area contributed by atoms with Crippen molar-refractivity contribution in [3.8, 4) is 0 Å². The molecule has 3 rings (SSSR count). The zero-order chi connectivity index (χ0) is 15.0. The van der Waals surface area contributed by atoms with E-state index in [0.29, 0.717) is 19.4 Å². The molecule has 0 radical (unpaired) electrons. The predicted octanol–water partition coefficient (Wildman–Crippen LogP) is 2.37. The molecule has 1 aliphatic rings. The van der Waals surface area contributed by atoms with Gasteiger partial charge in [0, 0.05) is 24.3 Å². The number of aryl methyl sites for hydroxylation is 3. The number of fused-ring (bicyclic) bond motifs is 3. The van der Waals surface area contributed by atoms with Crippen LogP contribution in [0.5, 0.6) is 0 Å². The molecule has 5 nitrogen and oxygen atoms in total. The van der Waals surface area contributed by atoms with Gasteiger partial charge >= 0.3 is 5.97 Å². The molecule has 0 aliphatic heterocycles. The van der Waals surface area contributed by atoms with Crippen LogP contribution in [0.2, 0.25) is 0 Å². The highest BCUT2D eigenvalue weighted by Gasteiger charge is 2.22. The van der Waals surface area contributed by atoms with Crippen LogP contribution in [0.4, 0.5) is 0 Å². The molecule has 2 aromatic rings. The second kappa shape index (κ2) is 5.60. The Morgan fingerprint density at radius 1 is 1.43 bits per heavy atom. The summed E-state index contributed by atoms with van der Waals surface area (Å²) in [6.45, 7) is 2.41. The van der Waals surface area contributed by atoms with Gasteiger partial charge in [-0.3, -0.25) is 14.2 Å². The van der Waals surface area contributed by atoms with Gasteiger partial charge in [-0.1, -0.05) is 6.92 Å². The second-order valence-corrected chi connectivity index (χ2v) is 6.46. The molecule has 0 fully saturated rings. The SMILES string of the molecule is CCc1nc2sc3c(c2c(=O)n1CCCC(=O)O)CCC3. The standard InChI is InChI=1S/C15H18N2O3S/c1-2-11-16-14-13(9-5-3-6-10(9)21-14)15(20)17(11)8-4-7-12(18)19/h2-8H2,1H3,(H,18,19). The van der Waals surface area contributed by atoms with Crippen LogP contribution < -0.4 is 5.56 Å². The summed E-state index contributed by atoms with van der Waals surface area (Å²) in [5, 5.41) is 9.53. The molecule has 2 aromatic heterocycles. The summed E-state index contributed by atoms with van der Waals surface area (Å²) in [5.74, 6) is -0.0654. The van der Waals surface area contributed by atoms with E-state index in [1.807, 2.05) is 6.92 Å². The van der Waals surface area contributed by atoms with Crippen LogP contribution in [-0.4, -0.2) is 20.6 Å². The predicted molar refractivity (Wildman–Crippen MR) is 82.2 cm³/mol. The number of carboxylic acid groups (broad SMARTS) is 1. The van der Waals surface area contributed by atoms with Gasteiger partial charge in [-0.25, -0.2) is 4.98 Å². The number of hydrogen-bond acceptors (Lipinski definition) is 4. The molecule has 1 aliphatic carbocycles.